The number of fused-ring (bicyclic) bond motifs is 4. The van der Waals surface area contributed by atoms with Crippen molar-refractivity contribution in [3.8, 4) is 11.1 Å². The van der Waals surface area contributed by atoms with Gasteiger partial charge in [0.1, 0.15) is 0 Å². The van der Waals surface area contributed by atoms with Gasteiger partial charge >= 0.3 is 5.97 Å². The highest BCUT2D eigenvalue weighted by molar-refractivity contribution is 6.18. The maximum absolute atomic E-state index is 13.0. The zero-order chi connectivity index (χ0) is 37.6. The summed E-state index contributed by atoms with van der Waals surface area (Å²) >= 11 is 0. The van der Waals surface area contributed by atoms with Crippen LogP contribution in [0.2, 0.25) is 0 Å². The number of ether oxygens (including phenoxy) is 1. The molecule has 0 heterocycles. The normalized spacial score (nSPS) is 35.6. The third-order valence-electron chi connectivity index (χ3n) is 21.3. The number of benzene rings is 5. The van der Waals surface area contributed by atoms with E-state index >= 15 is 0 Å². The highest BCUT2D eigenvalue weighted by Crippen LogP contribution is 2.89. The second kappa shape index (κ2) is 7.81. The molecule has 11 atom stereocenters. The molecule has 21 rings (SSSR count). The quantitative estimate of drug-likeness (QED) is 0.161. The molecular formula is C58H36O2. The number of carbonyl (C=O) groups excluding carboxylic acids is 1. The minimum atomic E-state index is -0.0998. The Morgan fingerprint density at radius 3 is 2.53 bits per heavy atom. The summed E-state index contributed by atoms with van der Waals surface area (Å²) < 4.78 is 5.33. The van der Waals surface area contributed by atoms with Crippen LogP contribution in [0, 0.1) is 23.2 Å². The van der Waals surface area contributed by atoms with E-state index in [4.69, 9.17) is 4.74 Å². The molecule has 5 aromatic carbocycles. The molecule has 0 radical (unpaired) electrons. The van der Waals surface area contributed by atoms with E-state index in [9.17, 15) is 4.79 Å². The lowest BCUT2D eigenvalue weighted by molar-refractivity contribution is -0.140. The van der Waals surface area contributed by atoms with Crippen LogP contribution in [-0.4, -0.2) is 13.1 Å². The predicted octanol–water partition coefficient (Wildman–Crippen LogP) is 11.9. The smallest absolute Gasteiger partial charge is 0.305 e. The maximum Gasteiger partial charge on any atom is 0.305 e. The highest BCUT2D eigenvalue weighted by Gasteiger charge is 2.75. The summed E-state index contributed by atoms with van der Waals surface area (Å²) in [5.41, 5.74) is 47.6. The van der Waals surface area contributed by atoms with E-state index in [0.29, 0.717) is 65.6 Å². The van der Waals surface area contributed by atoms with Crippen molar-refractivity contribution in [2.24, 2.45) is 23.2 Å². The summed E-state index contributed by atoms with van der Waals surface area (Å²) in [5, 5.41) is 3.24. The lowest BCUT2D eigenvalue weighted by Crippen LogP contribution is -2.43. The maximum atomic E-state index is 13.0. The fourth-order valence-electron chi connectivity index (χ4n) is 20.8. The zero-order valence-corrected chi connectivity index (χ0v) is 33.2. The van der Waals surface area contributed by atoms with E-state index in [1.807, 2.05) is 50.1 Å². The molecule has 9 unspecified atom stereocenters. The van der Waals surface area contributed by atoms with E-state index in [0.717, 1.165) is 19.3 Å². The molecule has 0 N–H and O–H groups in total. The summed E-state index contributed by atoms with van der Waals surface area (Å²) in [4.78, 5) is 13.0. The Morgan fingerprint density at radius 2 is 1.62 bits per heavy atom. The number of rotatable bonds is 6. The van der Waals surface area contributed by atoms with Crippen LogP contribution in [0.4, 0.5) is 0 Å². The van der Waals surface area contributed by atoms with Crippen molar-refractivity contribution >= 4 is 39.5 Å². The second-order valence-corrected chi connectivity index (χ2v) is 22.2. The van der Waals surface area contributed by atoms with Crippen molar-refractivity contribution in [1.82, 2.24) is 0 Å². The van der Waals surface area contributed by atoms with Crippen molar-refractivity contribution in [2.75, 3.05) is 7.11 Å². The molecule has 16 aliphatic carbocycles. The second-order valence-electron chi connectivity index (χ2n) is 22.2. The summed E-state index contributed by atoms with van der Waals surface area (Å²) in [6.07, 6.45) is 13.0. The standard InChI is InChI=1S/C58H36O2/c1-60-30(59)9-5-8-29(18-6-3-2-4-7-18)58-55-23-10-11-24-35-28-17-21-13-19-12-20-14-25-26-15-22-16-27(23)56(58)34(22)42-37(26)44-36(25)31(20)40-33(19)41-32(21)38(28)45-43(35)46(39(24)55)54-52-50(45)48(41)47(40)49(44)51(52)53(42)57(54)58/h2-4,6-7,12-14,16,23-24,26-27,29,35-36,47-48,57H,5,8-11,15,17H2,1H3/t23?,24?,26?,27?,29-,35?,36?,47?,48?,57+,58?/m1/s1. The van der Waals surface area contributed by atoms with Gasteiger partial charge in [-0.3, -0.25) is 4.79 Å². The summed E-state index contributed by atoms with van der Waals surface area (Å²) in [6, 6.07) is 17.2. The first kappa shape index (κ1) is 28.1. The molecule has 60 heavy (non-hydrogen) atoms. The minimum Gasteiger partial charge on any atom is -0.469 e. The van der Waals surface area contributed by atoms with E-state index < -0.39 is 0 Å². The van der Waals surface area contributed by atoms with Crippen molar-refractivity contribution in [2.45, 2.75) is 86.4 Å². The van der Waals surface area contributed by atoms with E-state index in [-0.39, 0.29) is 11.4 Å². The zero-order valence-electron chi connectivity index (χ0n) is 33.2. The Morgan fingerprint density at radius 1 is 0.783 bits per heavy atom. The van der Waals surface area contributed by atoms with Gasteiger partial charge in [0.15, 0.2) is 0 Å². The Hall–Kier alpha value is -5.47. The fourth-order valence-corrected chi connectivity index (χ4v) is 20.8. The molecule has 0 amide bonds. The van der Waals surface area contributed by atoms with Crippen molar-refractivity contribution < 1.29 is 9.53 Å². The van der Waals surface area contributed by atoms with Gasteiger partial charge in [-0.05, 0) is 218 Å². The van der Waals surface area contributed by atoms with Crippen LogP contribution in [0.5, 0.6) is 0 Å². The summed E-state index contributed by atoms with van der Waals surface area (Å²) in [5.74, 6) is 4.66. The van der Waals surface area contributed by atoms with Crippen LogP contribution >= 0.6 is 0 Å². The first-order chi connectivity index (χ1) is 29.7. The molecule has 0 spiro atoms. The van der Waals surface area contributed by atoms with Crippen LogP contribution < -0.4 is 0 Å². The van der Waals surface area contributed by atoms with Crippen LogP contribution in [0.15, 0.2) is 76.4 Å². The van der Waals surface area contributed by atoms with Crippen molar-refractivity contribution in [3.63, 3.8) is 0 Å². The molecule has 0 saturated heterocycles. The van der Waals surface area contributed by atoms with Crippen molar-refractivity contribution in [1.29, 1.82) is 0 Å². The monoisotopic (exact) mass is 764 g/mol. The van der Waals surface area contributed by atoms with E-state index in [1.165, 1.54) is 24.8 Å². The van der Waals surface area contributed by atoms with E-state index in [1.54, 1.807) is 112 Å². The number of hydrogen-bond donors (Lipinski definition) is 0. The van der Waals surface area contributed by atoms with Crippen LogP contribution in [-0.2, 0) is 16.0 Å². The number of esters is 1. The SMILES string of the molecule is COC(=O)CCC[C@H](c1ccccc1)C12C3=C4C5=CC3C3CCC6C(=C31)c1c3c7c8c9c1[C@@H]2c1c4c2c4c(c1-9)C1c9c%10c(cc%11cc%12c(c(c9%11)C81)C7=C(C%12)C36)C=C(C2C5)C4%10. The van der Waals surface area contributed by atoms with Crippen molar-refractivity contribution in [3.05, 3.63) is 171 Å². The van der Waals surface area contributed by atoms with Crippen LogP contribution in [0.3, 0.4) is 0 Å². The molecule has 0 aliphatic heterocycles. The number of hydrogen-bond acceptors (Lipinski definition) is 2. The molecule has 2 heteroatoms. The Balaban J connectivity index is 1.03. The van der Waals surface area contributed by atoms with Crippen LogP contribution in [0.1, 0.15) is 175 Å². The average molecular weight is 765 g/mol. The van der Waals surface area contributed by atoms with Gasteiger partial charge in [0, 0.05) is 53.3 Å². The van der Waals surface area contributed by atoms with Gasteiger partial charge < -0.3 is 4.74 Å². The largest absolute Gasteiger partial charge is 0.469 e. The number of allylic oxidation sites excluding steroid dienone is 8. The molecule has 1 saturated carbocycles. The third-order valence-corrected chi connectivity index (χ3v) is 21.3. The van der Waals surface area contributed by atoms with Gasteiger partial charge in [-0.2, -0.15) is 0 Å². The lowest BCUT2D eigenvalue weighted by atomic mass is 9.47. The van der Waals surface area contributed by atoms with Gasteiger partial charge in [0.25, 0.3) is 0 Å². The summed E-state index contributed by atoms with van der Waals surface area (Å²) in [6.45, 7) is 0. The predicted molar refractivity (Wildman–Crippen MR) is 230 cm³/mol. The van der Waals surface area contributed by atoms with E-state index in [2.05, 4.69) is 54.6 Å². The average Bonchev–Trinajstić information content (AvgIpc) is 4.14. The molecule has 280 valence electrons. The Bertz CT molecular complexity index is 3630. The van der Waals surface area contributed by atoms with Gasteiger partial charge in [-0.1, -0.05) is 54.1 Å². The summed E-state index contributed by atoms with van der Waals surface area (Å²) in [7, 11) is 1.57. The first-order valence-electron chi connectivity index (χ1n) is 23.6. The van der Waals surface area contributed by atoms with Gasteiger partial charge in [-0.25, -0.2) is 0 Å². The van der Waals surface area contributed by atoms with Crippen LogP contribution in [0.25, 0.3) is 44.7 Å². The molecule has 5 aromatic rings. The molecule has 0 aromatic heterocycles. The van der Waals surface area contributed by atoms with Gasteiger partial charge in [0.2, 0.25) is 0 Å². The first-order valence-corrected chi connectivity index (χ1v) is 23.6. The third kappa shape index (κ3) is 2.14. The molecule has 1 fully saturated rings. The molecule has 16 aliphatic rings. The number of methoxy groups -OCH3 is 1. The molecular weight excluding hydrogens is 729 g/mol. The van der Waals surface area contributed by atoms with Gasteiger partial charge in [0.05, 0.1) is 7.11 Å². The fraction of sp³-hybridized carbons (Fsp3) is 0.328. The molecule has 0 bridgehead atoms. The Labute approximate surface area is 346 Å². The highest BCUT2D eigenvalue weighted by atomic mass is 16.5. The minimum absolute atomic E-state index is 0.0621. The number of carbonyl (C=O) groups is 1. The topological polar surface area (TPSA) is 26.3 Å². The Kier molecular flexibility index (Phi) is 3.66. The van der Waals surface area contributed by atoms with Gasteiger partial charge in [-0.15, -0.1) is 0 Å². The molecule has 2 nitrogen and oxygen atoms in total. The lowest BCUT2D eigenvalue weighted by Gasteiger charge is -2.55.